The molecular weight excluding hydrogens is 288 g/mol. The van der Waals surface area contributed by atoms with Gasteiger partial charge in [-0.3, -0.25) is 0 Å². The Morgan fingerprint density at radius 2 is 2.14 bits per heavy atom. The largest absolute Gasteiger partial charge is 0.339 e. The fourth-order valence-electron chi connectivity index (χ4n) is 2.70. The van der Waals surface area contributed by atoms with E-state index in [0.717, 1.165) is 31.9 Å². The number of aromatic nitrogens is 2. The molecule has 2 atom stereocenters. The van der Waals surface area contributed by atoms with Crippen LogP contribution in [-0.2, 0) is 9.84 Å². The van der Waals surface area contributed by atoms with Crippen molar-refractivity contribution in [2.75, 3.05) is 29.5 Å². The number of nitrogens with one attached hydrogen (secondary N) is 1. The highest BCUT2D eigenvalue weighted by Crippen LogP contribution is 2.15. The first kappa shape index (κ1) is 16.2. The molecule has 2 rings (SSSR count). The Kier molecular flexibility index (Phi) is 5.52. The van der Waals surface area contributed by atoms with Crippen molar-refractivity contribution < 1.29 is 8.42 Å². The molecule has 1 aromatic heterocycles. The lowest BCUT2D eigenvalue weighted by Crippen LogP contribution is -2.50. The molecule has 0 aromatic carbocycles. The van der Waals surface area contributed by atoms with Crippen molar-refractivity contribution >= 4 is 15.8 Å². The highest BCUT2D eigenvalue weighted by Gasteiger charge is 2.24. The molecule has 0 aliphatic carbocycles. The third kappa shape index (κ3) is 4.93. The Balaban J connectivity index is 1.90. The van der Waals surface area contributed by atoms with Crippen molar-refractivity contribution in [2.24, 2.45) is 0 Å². The number of hydrogen-bond acceptors (Lipinski definition) is 6. The molecule has 1 aromatic rings. The van der Waals surface area contributed by atoms with E-state index < -0.39 is 9.84 Å². The van der Waals surface area contributed by atoms with Crippen LogP contribution in [0.4, 0.5) is 5.95 Å². The van der Waals surface area contributed by atoms with Gasteiger partial charge in [0.15, 0.2) is 9.84 Å². The van der Waals surface area contributed by atoms with Crippen LogP contribution in [0.1, 0.15) is 26.7 Å². The smallest absolute Gasteiger partial charge is 0.225 e. The van der Waals surface area contributed by atoms with Gasteiger partial charge in [-0.2, -0.15) is 0 Å². The Labute approximate surface area is 126 Å². The molecule has 1 aliphatic rings. The van der Waals surface area contributed by atoms with Gasteiger partial charge >= 0.3 is 0 Å². The van der Waals surface area contributed by atoms with Gasteiger partial charge in [-0.1, -0.05) is 6.92 Å². The molecule has 0 saturated carbocycles. The molecule has 1 N–H and O–H groups in total. The maximum absolute atomic E-state index is 11.7. The molecule has 0 bridgehead atoms. The lowest BCUT2D eigenvalue weighted by molar-refractivity contribution is 0.392. The van der Waals surface area contributed by atoms with E-state index in [-0.39, 0.29) is 23.6 Å². The minimum atomic E-state index is -2.94. The summed E-state index contributed by atoms with van der Waals surface area (Å²) in [5.74, 6) is 1.15. The van der Waals surface area contributed by atoms with Gasteiger partial charge in [-0.15, -0.1) is 0 Å². The zero-order valence-electron chi connectivity index (χ0n) is 12.7. The van der Waals surface area contributed by atoms with Crippen molar-refractivity contribution in [3.05, 3.63) is 18.5 Å². The predicted octanol–water partition coefficient (Wildman–Crippen LogP) is 0.858. The van der Waals surface area contributed by atoms with Crippen molar-refractivity contribution in [1.29, 1.82) is 0 Å². The van der Waals surface area contributed by atoms with Gasteiger partial charge < -0.3 is 10.2 Å². The second-order valence-corrected chi connectivity index (χ2v) is 8.00. The fraction of sp³-hybridized carbons (Fsp3) is 0.714. The standard InChI is InChI=1S/C14H24N4O2S/c1-3-21(19,20)11-12(2)17-13-6-4-9-18(10-13)14-15-7-5-8-16-14/h5,7-8,12-13,17H,3-4,6,9-11H2,1-2H3. The fourth-order valence-corrected chi connectivity index (χ4v) is 3.79. The molecular formula is C14H24N4O2S. The third-order valence-corrected chi connectivity index (χ3v) is 5.61. The molecule has 0 spiro atoms. The summed E-state index contributed by atoms with van der Waals surface area (Å²) < 4.78 is 23.3. The summed E-state index contributed by atoms with van der Waals surface area (Å²) in [6.45, 7) is 5.40. The summed E-state index contributed by atoms with van der Waals surface area (Å²) >= 11 is 0. The van der Waals surface area contributed by atoms with Gasteiger partial charge in [0.05, 0.1) is 5.75 Å². The van der Waals surface area contributed by atoms with Crippen LogP contribution < -0.4 is 10.2 Å². The van der Waals surface area contributed by atoms with E-state index in [1.807, 2.05) is 6.92 Å². The van der Waals surface area contributed by atoms with E-state index >= 15 is 0 Å². The first-order valence-corrected chi connectivity index (χ1v) is 9.30. The monoisotopic (exact) mass is 312 g/mol. The number of anilines is 1. The van der Waals surface area contributed by atoms with Crippen LogP contribution in [0, 0.1) is 0 Å². The highest BCUT2D eigenvalue weighted by atomic mass is 32.2. The maximum atomic E-state index is 11.7. The van der Waals surface area contributed by atoms with Gasteiger partial charge in [-0.05, 0) is 25.8 Å². The molecule has 2 unspecified atom stereocenters. The number of rotatable bonds is 6. The Morgan fingerprint density at radius 3 is 2.81 bits per heavy atom. The summed E-state index contributed by atoms with van der Waals surface area (Å²) in [6, 6.07) is 2.06. The normalized spacial score (nSPS) is 21.2. The topological polar surface area (TPSA) is 75.2 Å². The van der Waals surface area contributed by atoms with E-state index in [9.17, 15) is 8.42 Å². The van der Waals surface area contributed by atoms with Gasteiger partial charge in [0.2, 0.25) is 5.95 Å². The summed E-state index contributed by atoms with van der Waals surface area (Å²) in [7, 11) is -2.94. The van der Waals surface area contributed by atoms with Crippen LogP contribution in [0.3, 0.4) is 0 Å². The first-order valence-electron chi connectivity index (χ1n) is 7.48. The molecule has 0 amide bonds. The van der Waals surface area contributed by atoms with Gasteiger partial charge in [-0.25, -0.2) is 18.4 Å². The average molecular weight is 312 g/mol. The average Bonchev–Trinajstić information content (AvgIpc) is 2.48. The van der Waals surface area contributed by atoms with Crippen molar-refractivity contribution in [2.45, 2.75) is 38.8 Å². The van der Waals surface area contributed by atoms with E-state index in [1.165, 1.54) is 0 Å². The Morgan fingerprint density at radius 1 is 1.43 bits per heavy atom. The quantitative estimate of drug-likeness (QED) is 0.839. The summed E-state index contributed by atoms with van der Waals surface area (Å²) in [5, 5.41) is 3.43. The van der Waals surface area contributed by atoms with E-state index in [0.29, 0.717) is 0 Å². The molecule has 7 heteroatoms. The zero-order valence-corrected chi connectivity index (χ0v) is 13.5. The van der Waals surface area contributed by atoms with E-state index in [4.69, 9.17) is 0 Å². The van der Waals surface area contributed by atoms with Crippen LogP contribution in [0.5, 0.6) is 0 Å². The molecule has 6 nitrogen and oxygen atoms in total. The van der Waals surface area contributed by atoms with Gasteiger partial charge in [0.1, 0.15) is 0 Å². The second kappa shape index (κ2) is 7.17. The highest BCUT2D eigenvalue weighted by molar-refractivity contribution is 7.91. The van der Waals surface area contributed by atoms with Crippen LogP contribution >= 0.6 is 0 Å². The minimum absolute atomic E-state index is 0.0309. The van der Waals surface area contributed by atoms with Crippen LogP contribution in [0.2, 0.25) is 0 Å². The maximum Gasteiger partial charge on any atom is 0.225 e. The second-order valence-electron chi connectivity index (χ2n) is 5.60. The minimum Gasteiger partial charge on any atom is -0.339 e. The predicted molar refractivity (Wildman–Crippen MR) is 84.2 cm³/mol. The lowest BCUT2D eigenvalue weighted by Gasteiger charge is -2.34. The molecule has 1 aliphatic heterocycles. The Hall–Kier alpha value is -1.21. The van der Waals surface area contributed by atoms with E-state index in [1.54, 1.807) is 25.4 Å². The number of piperidine rings is 1. The summed E-state index contributed by atoms with van der Waals surface area (Å²) in [4.78, 5) is 10.7. The molecule has 2 heterocycles. The lowest BCUT2D eigenvalue weighted by atomic mass is 10.1. The number of sulfone groups is 1. The number of nitrogens with zero attached hydrogens (tertiary/aromatic N) is 3. The SMILES string of the molecule is CCS(=O)(=O)CC(C)NC1CCCN(c2ncccn2)C1. The van der Waals surface area contributed by atoms with Gasteiger partial charge in [0, 0.05) is 43.3 Å². The van der Waals surface area contributed by atoms with Crippen molar-refractivity contribution in [1.82, 2.24) is 15.3 Å². The third-order valence-electron chi connectivity index (χ3n) is 3.72. The molecule has 1 fully saturated rings. The molecule has 21 heavy (non-hydrogen) atoms. The van der Waals surface area contributed by atoms with Crippen molar-refractivity contribution in [3.63, 3.8) is 0 Å². The van der Waals surface area contributed by atoms with Crippen LogP contribution in [0.15, 0.2) is 18.5 Å². The summed E-state index contributed by atoms with van der Waals surface area (Å²) in [5.41, 5.74) is 0. The molecule has 0 radical (unpaired) electrons. The number of hydrogen-bond donors (Lipinski definition) is 1. The molecule has 1 saturated heterocycles. The van der Waals surface area contributed by atoms with E-state index in [2.05, 4.69) is 20.2 Å². The Bertz CT molecular complexity index is 535. The van der Waals surface area contributed by atoms with Crippen LogP contribution in [0.25, 0.3) is 0 Å². The zero-order chi connectivity index (χ0) is 15.3. The van der Waals surface area contributed by atoms with Crippen LogP contribution in [-0.4, -0.2) is 55.1 Å². The van der Waals surface area contributed by atoms with Crippen molar-refractivity contribution in [3.8, 4) is 0 Å². The van der Waals surface area contributed by atoms with Gasteiger partial charge in [0.25, 0.3) is 0 Å². The molecule has 118 valence electrons. The first-order chi connectivity index (χ1) is 10.00. The summed E-state index contributed by atoms with van der Waals surface area (Å²) in [6.07, 6.45) is 5.61.